The van der Waals surface area contributed by atoms with E-state index in [-0.39, 0.29) is 11.4 Å². The number of nitro benzene ring substituents is 1. The highest BCUT2D eigenvalue weighted by atomic mass is 32.1. The number of aryl methyl sites for hydroxylation is 1. The van der Waals surface area contributed by atoms with Crippen molar-refractivity contribution in [2.24, 2.45) is 0 Å². The van der Waals surface area contributed by atoms with Crippen LogP contribution in [0.4, 0.5) is 20.8 Å². The third-order valence-electron chi connectivity index (χ3n) is 2.66. The first kappa shape index (κ1) is 14.0. The third kappa shape index (κ3) is 2.75. The van der Waals surface area contributed by atoms with Crippen LogP contribution < -0.4 is 5.32 Å². The molecule has 0 atom stereocenters. The zero-order valence-corrected chi connectivity index (χ0v) is 11.3. The molecule has 20 heavy (non-hydrogen) atoms. The van der Waals surface area contributed by atoms with E-state index in [2.05, 4.69) is 5.32 Å². The van der Waals surface area contributed by atoms with E-state index in [1.807, 2.05) is 13.0 Å². The number of hydrogen-bond donors (Lipinski definition) is 1. The van der Waals surface area contributed by atoms with Crippen LogP contribution in [0.5, 0.6) is 0 Å². The van der Waals surface area contributed by atoms with Gasteiger partial charge in [0.2, 0.25) is 0 Å². The van der Waals surface area contributed by atoms with Crippen LogP contribution in [-0.2, 0) is 6.42 Å². The first-order valence-electron chi connectivity index (χ1n) is 5.79. The summed E-state index contributed by atoms with van der Waals surface area (Å²) in [5.41, 5.74) is 0.225. The van der Waals surface area contributed by atoms with E-state index in [0.29, 0.717) is 10.6 Å². The SMILES string of the molecule is CCc1cc(C#N)c(Nc2ccc(F)cc2[N+](=O)[O-])s1. The topological polar surface area (TPSA) is 79.0 Å². The second kappa shape index (κ2) is 5.67. The minimum absolute atomic E-state index is 0.164. The van der Waals surface area contributed by atoms with Gasteiger partial charge in [0.05, 0.1) is 16.6 Å². The molecular formula is C13H10FN3O2S. The minimum Gasteiger partial charge on any atom is -0.341 e. The number of benzene rings is 1. The summed E-state index contributed by atoms with van der Waals surface area (Å²) in [6.07, 6.45) is 0.770. The van der Waals surface area contributed by atoms with Crippen molar-refractivity contribution < 1.29 is 9.31 Å². The van der Waals surface area contributed by atoms with Crippen LogP contribution in [0, 0.1) is 27.3 Å². The lowest BCUT2D eigenvalue weighted by Gasteiger charge is -2.05. The molecule has 0 saturated heterocycles. The molecule has 1 heterocycles. The summed E-state index contributed by atoms with van der Waals surface area (Å²) in [7, 11) is 0. The predicted octanol–water partition coefficient (Wildman–Crippen LogP) is 3.97. The van der Waals surface area contributed by atoms with Crippen molar-refractivity contribution in [1.82, 2.24) is 0 Å². The second-order valence-corrected chi connectivity index (χ2v) is 5.10. The highest BCUT2D eigenvalue weighted by molar-refractivity contribution is 7.16. The Balaban J connectivity index is 2.42. The number of nitrogens with zero attached hydrogens (tertiary/aromatic N) is 2. The number of anilines is 2. The lowest BCUT2D eigenvalue weighted by molar-refractivity contribution is -0.384. The van der Waals surface area contributed by atoms with Gasteiger partial charge in [0, 0.05) is 4.88 Å². The molecule has 2 rings (SSSR count). The monoisotopic (exact) mass is 291 g/mol. The molecule has 2 aromatic rings. The maximum atomic E-state index is 13.1. The van der Waals surface area contributed by atoms with E-state index in [0.717, 1.165) is 23.4 Å². The van der Waals surface area contributed by atoms with E-state index in [1.165, 1.54) is 17.4 Å². The molecular weight excluding hydrogens is 281 g/mol. The summed E-state index contributed by atoms with van der Waals surface area (Å²) >= 11 is 1.35. The summed E-state index contributed by atoms with van der Waals surface area (Å²) < 4.78 is 13.1. The van der Waals surface area contributed by atoms with Crippen molar-refractivity contribution in [3.05, 3.63) is 50.6 Å². The highest BCUT2D eigenvalue weighted by Gasteiger charge is 2.17. The van der Waals surface area contributed by atoms with Crippen LogP contribution in [0.15, 0.2) is 24.3 Å². The van der Waals surface area contributed by atoms with Crippen molar-refractivity contribution >= 4 is 27.7 Å². The zero-order valence-electron chi connectivity index (χ0n) is 10.5. The minimum atomic E-state index is -0.678. The van der Waals surface area contributed by atoms with Crippen molar-refractivity contribution in [3.8, 4) is 6.07 Å². The highest BCUT2D eigenvalue weighted by Crippen LogP contribution is 2.34. The Morgan fingerprint density at radius 3 is 2.85 bits per heavy atom. The average Bonchev–Trinajstić information content (AvgIpc) is 2.82. The van der Waals surface area contributed by atoms with Gasteiger partial charge in [0.25, 0.3) is 5.69 Å². The van der Waals surface area contributed by atoms with Gasteiger partial charge in [-0.1, -0.05) is 6.92 Å². The van der Waals surface area contributed by atoms with Crippen molar-refractivity contribution in [2.45, 2.75) is 13.3 Å². The number of rotatable bonds is 4. The average molecular weight is 291 g/mol. The van der Waals surface area contributed by atoms with Crippen LogP contribution in [0.2, 0.25) is 0 Å². The van der Waals surface area contributed by atoms with Crippen LogP contribution in [0.1, 0.15) is 17.4 Å². The third-order valence-corrected chi connectivity index (χ3v) is 3.85. The molecule has 5 nitrogen and oxygen atoms in total. The van der Waals surface area contributed by atoms with Crippen LogP contribution in [-0.4, -0.2) is 4.92 Å². The Bertz CT molecular complexity index is 706. The van der Waals surface area contributed by atoms with Crippen molar-refractivity contribution in [3.63, 3.8) is 0 Å². The van der Waals surface area contributed by atoms with Crippen LogP contribution in [0.25, 0.3) is 0 Å². The van der Waals surface area contributed by atoms with Crippen molar-refractivity contribution in [1.29, 1.82) is 5.26 Å². The smallest absolute Gasteiger partial charge is 0.295 e. The first-order chi connectivity index (χ1) is 9.55. The first-order valence-corrected chi connectivity index (χ1v) is 6.60. The fourth-order valence-electron chi connectivity index (χ4n) is 1.68. The van der Waals surface area contributed by atoms with E-state index in [9.17, 15) is 14.5 Å². The number of nitro groups is 1. The van der Waals surface area contributed by atoms with Gasteiger partial charge in [-0.2, -0.15) is 5.26 Å². The Morgan fingerprint density at radius 1 is 1.50 bits per heavy atom. The van der Waals surface area contributed by atoms with E-state index in [4.69, 9.17) is 5.26 Å². The standard InChI is InChI=1S/C13H10FN3O2S/c1-2-10-5-8(7-15)13(20-10)16-11-4-3-9(14)6-12(11)17(18)19/h3-6,16H,2H2,1H3. The maximum absolute atomic E-state index is 13.1. The number of nitrogens with one attached hydrogen (secondary N) is 1. The van der Waals surface area contributed by atoms with E-state index in [1.54, 1.807) is 6.07 Å². The molecule has 1 aromatic heterocycles. The van der Waals surface area contributed by atoms with Crippen molar-refractivity contribution in [2.75, 3.05) is 5.32 Å². The summed E-state index contributed by atoms with van der Waals surface area (Å²) in [5.74, 6) is -0.678. The molecule has 0 aliphatic heterocycles. The Hall–Kier alpha value is -2.46. The number of thiophene rings is 1. The fraction of sp³-hybridized carbons (Fsp3) is 0.154. The second-order valence-electron chi connectivity index (χ2n) is 3.96. The quantitative estimate of drug-likeness (QED) is 0.682. The maximum Gasteiger partial charge on any atom is 0.295 e. The Kier molecular flexibility index (Phi) is 3.96. The molecule has 0 saturated carbocycles. The van der Waals surface area contributed by atoms with Gasteiger partial charge in [-0.05, 0) is 24.6 Å². The molecule has 1 aromatic carbocycles. The van der Waals surface area contributed by atoms with Gasteiger partial charge in [0.1, 0.15) is 22.6 Å². The lowest BCUT2D eigenvalue weighted by atomic mass is 10.2. The molecule has 102 valence electrons. The molecule has 0 unspecified atom stereocenters. The molecule has 0 radical (unpaired) electrons. The molecule has 0 fully saturated rings. The fourth-order valence-corrected chi connectivity index (χ4v) is 2.63. The van der Waals surface area contributed by atoms with Gasteiger partial charge < -0.3 is 5.32 Å². The molecule has 0 spiro atoms. The molecule has 1 N–H and O–H groups in total. The number of nitriles is 1. The normalized spacial score (nSPS) is 10.1. The summed E-state index contributed by atoms with van der Waals surface area (Å²) in [6, 6.07) is 7.05. The number of hydrogen-bond acceptors (Lipinski definition) is 5. The summed E-state index contributed by atoms with van der Waals surface area (Å²) in [5, 5.41) is 23.3. The molecule has 0 aliphatic carbocycles. The van der Waals surface area contributed by atoms with E-state index < -0.39 is 10.7 Å². The molecule has 0 amide bonds. The molecule has 0 aliphatic rings. The van der Waals surface area contributed by atoms with E-state index >= 15 is 0 Å². The lowest BCUT2D eigenvalue weighted by Crippen LogP contribution is -1.97. The predicted molar refractivity (Wildman–Crippen MR) is 74.7 cm³/mol. The van der Waals surface area contributed by atoms with Gasteiger partial charge in [-0.15, -0.1) is 11.3 Å². The largest absolute Gasteiger partial charge is 0.341 e. The van der Waals surface area contributed by atoms with Gasteiger partial charge >= 0.3 is 0 Å². The molecule has 0 bridgehead atoms. The van der Waals surface area contributed by atoms with Gasteiger partial charge in [-0.3, -0.25) is 10.1 Å². The number of halogens is 1. The Morgan fingerprint density at radius 2 is 2.25 bits per heavy atom. The van der Waals surface area contributed by atoms with Crippen LogP contribution in [0.3, 0.4) is 0 Å². The van der Waals surface area contributed by atoms with Gasteiger partial charge in [0.15, 0.2) is 0 Å². The van der Waals surface area contributed by atoms with Crippen LogP contribution >= 0.6 is 11.3 Å². The summed E-state index contributed by atoms with van der Waals surface area (Å²) in [4.78, 5) is 11.3. The zero-order chi connectivity index (χ0) is 14.7. The summed E-state index contributed by atoms with van der Waals surface area (Å²) in [6.45, 7) is 1.96. The Labute approximate surface area is 118 Å². The molecule has 7 heteroatoms. The van der Waals surface area contributed by atoms with Gasteiger partial charge in [-0.25, -0.2) is 4.39 Å².